The third-order valence-electron chi connectivity index (χ3n) is 3.71. The lowest BCUT2D eigenvalue weighted by atomic mass is 10.1. The van der Waals surface area contributed by atoms with E-state index >= 15 is 0 Å². The monoisotopic (exact) mass is 317 g/mol. The molecule has 2 fully saturated rings. The molecule has 1 aromatic heterocycles. The summed E-state index contributed by atoms with van der Waals surface area (Å²) in [5, 5.41) is 3.17. The molecule has 10 heteroatoms. The van der Waals surface area contributed by atoms with E-state index in [9.17, 15) is 18.0 Å². The van der Waals surface area contributed by atoms with Crippen LogP contribution in [0.5, 0.6) is 0 Å². The smallest absolute Gasteiger partial charge is 0.330 e. The molecule has 3 heterocycles. The zero-order valence-electron chi connectivity index (χ0n) is 11.2. The Balaban J connectivity index is 1.84. The van der Waals surface area contributed by atoms with Crippen molar-refractivity contribution in [3.8, 4) is 0 Å². The molecule has 3 atom stereocenters. The topological polar surface area (TPSA) is 119 Å². The summed E-state index contributed by atoms with van der Waals surface area (Å²) in [7, 11) is -3.55. The van der Waals surface area contributed by atoms with E-state index in [1.807, 2.05) is 0 Å². The normalized spacial score (nSPS) is 31.7. The van der Waals surface area contributed by atoms with Crippen LogP contribution in [0.3, 0.4) is 0 Å². The Bertz CT molecular complexity index is 769. The molecule has 0 amide bonds. The summed E-state index contributed by atoms with van der Waals surface area (Å²) in [6.07, 6.45) is 2.37. The first-order chi connectivity index (χ1) is 9.79. The van der Waals surface area contributed by atoms with Crippen LogP contribution in [0.4, 0.5) is 0 Å². The second-order valence-corrected chi connectivity index (χ2v) is 6.91. The van der Waals surface area contributed by atoms with Crippen molar-refractivity contribution >= 4 is 10.1 Å². The molecule has 2 saturated heterocycles. The van der Waals surface area contributed by atoms with E-state index in [1.54, 1.807) is 0 Å². The molecule has 1 aromatic rings. The van der Waals surface area contributed by atoms with E-state index in [0.29, 0.717) is 13.0 Å². The molecule has 0 spiro atoms. The summed E-state index contributed by atoms with van der Waals surface area (Å²) in [6, 6.07) is 1.14. The van der Waals surface area contributed by atoms with E-state index < -0.39 is 33.2 Å². The molecule has 9 nitrogen and oxygen atoms in total. The number of hydrogen-bond acceptors (Lipinski definition) is 7. The van der Waals surface area contributed by atoms with Crippen LogP contribution >= 0.6 is 0 Å². The number of fused-ring (bicyclic) bond motifs is 2. The average Bonchev–Trinajstić information content (AvgIpc) is 2.94. The maximum Gasteiger partial charge on any atom is 0.330 e. The zero-order chi connectivity index (χ0) is 15.3. The maximum atomic E-state index is 11.9. The Labute approximate surface area is 120 Å². The molecule has 3 rings (SSSR count). The summed E-state index contributed by atoms with van der Waals surface area (Å²) < 4.78 is 34.0. The van der Waals surface area contributed by atoms with Crippen molar-refractivity contribution in [1.29, 1.82) is 0 Å². The van der Waals surface area contributed by atoms with E-state index in [4.69, 9.17) is 8.92 Å². The van der Waals surface area contributed by atoms with Crippen LogP contribution in [0.25, 0.3) is 0 Å². The number of morpholine rings is 1. The lowest BCUT2D eigenvalue weighted by Crippen LogP contribution is -2.51. The van der Waals surface area contributed by atoms with E-state index in [2.05, 4.69) is 10.3 Å². The zero-order valence-corrected chi connectivity index (χ0v) is 12.1. The van der Waals surface area contributed by atoms with Gasteiger partial charge in [-0.05, 0) is 0 Å². The summed E-state index contributed by atoms with van der Waals surface area (Å²) in [6.45, 7) is 0.287. The third-order valence-corrected chi connectivity index (χ3v) is 4.27. The van der Waals surface area contributed by atoms with Crippen LogP contribution < -0.4 is 16.6 Å². The van der Waals surface area contributed by atoms with Crippen molar-refractivity contribution in [2.75, 3.05) is 19.4 Å². The average molecular weight is 317 g/mol. The fraction of sp³-hybridized carbons (Fsp3) is 0.636. The second kappa shape index (κ2) is 4.77. The van der Waals surface area contributed by atoms with E-state index in [1.165, 1.54) is 16.8 Å². The standard InChI is InChI=1S/C11H15N3O6S/c1-21(17,18)19-5-8-7-4-11(20-8,6-12-7)14-3-2-9(15)13-10(14)16/h2-3,7-8,12H,4-6H2,1H3,(H,13,15,16)/t7-,8+,11-/m0/s1. The molecule has 0 radical (unpaired) electrons. The van der Waals surface area contributed by atoms with Crippen molar-refractivity contribution in [2.45, 2.75) is 24.3 Å². The molecule has 0 aromatic carbocycles. The second-order valence-electron chi connectivity index (χ2n) is 5.26. The Morgan fingerprint density at radius 3 is 2.95 bits per heavy atom. The van der Waals surface area contributed by atoms with Crippen LogP contribution in [-0.2, 0) is 24.8 Å². The van der Waals surface area contributed by atoms with Gasteiger partial charge < -0.3 is 10.1 Å². The van der Waals surface area contributed by atoms with Crippen LogP contribution in [0.15, 0.2) is 21.9 Å². The van der Waals surface area contributed by atoms with Gasteiger partial charge in [0.15, 0.2) is 5.72 Å². The number of H-pyrrole nitrogens is 1. The molecular formula is C11H15N3O6S. The van der Waals surface area contributed by atoms with Gasteiger partial charge in [0.1, 0.15) is 6.10 Å². The van der Waals surface area contributed by atoms with Gasteiger partial charge in [0.2, 0.25) is 0 Å². The third kappa shape index (κ3) is 2.67. The Morgan fingerprint density at radius 1 is 1.52 bits per heavy atom. The number of aromatic nitrogens is 2. The van der Waals surface area contributed by atoms with Crippen LogP contribution in [0.1, 0.15) is 6.42 Å². The lowest BCUT2D eigenvalue weighted by molar-refractivity contribution is -0.122. The van der Waals surface area contributed by atoms with Gasteiger partial charge in [0, 0.05) is 31.3 Å². The predicted molar refractivity (Wildman–Crippen MR) is 71.4 cm³/mol. The molecule has 21 heavy (non-hydrogen) atoms. The number of ether oxygens (including phenoxy) is 1. The fourth-order valence-corrected chi connectivity index (χ4v) is 3.20. The highest BCUT2D eigenvalue weighted by Gasteiger charge is 2.53. The van der Waals surface area contributed by atoms with Gasteiger partial charge in [-0.3, -0.25) is 18.5 Å². The number of hydrogen-bond donors (Lipinski definition) is 2. The van der Waals surface area contributed by atoms with Gasteiger partial charge in [-0.2, -0.15) is 8.42 Å². The minimum atomic E-state index is -3.55. The van der Waals surface area contributed by atoms with Gasteiger partial charge >= 0.3 is 5.69 Å². The first-order valence-electron chi connectivity index (χ1n) is 6.37. The molecule has 2 N–H and O–H groups in total. The summed E-state index contributed by atoms with van der Waals surface area (Å²) in [5.41, 5.74) is -1.96. The highest BCUT2D eigenvalue weighted by molar-refractivity contribution is 7.85. The Kier molecular flexibility index (Phi) is 3.28. The van der Waals surface area contributed by atoms with Crippen molar-refractivity contribution in [3.63, 3.8) is 0 Å². The van der Waals surface area contributed by atoms with Gasteiger partial charge in [-0.1, -0.05) is 0 Å². The van der Waals surface area contributed by atoms with Crippen LogP contribution in [-0.4, -0.2) is 49.5 Å². The molecule has 2 aliphatic heterocycles. The first kappa shape index (κ1) is 14.4. The highest BCUT2D eigenvalue weighted by atomic mass is 32.2. The SMILES string of the molecule is CS(=O)(=O)OC[C@H]1O[C@]2(n3ccc(=O)[nH]c3=O)CN[C@H]1C2. The van der Waals surface area contributed by atoms with Crippen molar-refractivity contribution < 1.29 is 17.3 Å². The molecule has 0 unspecified atom stereocenters. The summed E-state index contributed by atoms with van der Waals surface area (Å²) in [4.78, 5) is 25.2. The summed E-state index contributed by atoms with van der Waals surface area (Å²) in [5.74, 6) is 0. The van der Waals surface area contributed by atoms with Crippen LogP contribution in [0, 0.1) is 0 Å². The number of aromatic amines is 1. The lowest BCUT2D eigenvalue weighted by Gasteiger charge is -2.32. The van der Waals surface area contributed by atoms with Gasteiger partial charge in [0.05, 0.1) is 12.9 Å². The van der Waals surface area contributed by atoms with Crippen molar-refractivity contribution in [1.82, 2.24) is 14.9 Å². The largest absolute Gasteiger partial charge is 0.346 e. The minimum absolute atomic E-state index is 0.106. The van der Waals surface area contributed by atoms with E-state index in [0.717, 1.165) is 6.26 Å². The summed E-state index contributed by atoms with van der Waals surface area (Å²) >= 11 is 0. The first-order valence-corrected chi connectivity index (χ1v) is 8.19. The Morgan fingerprint density at radius 2 is 2.29 bits per heavy atom. The number of rotatable bonds is 4. The number of nitrogens with zero attached hydrogens (tertiary/aromatic N) is 1. The quantitative estimate of drug-likeness (QED) is 0.612. The molecule has 0 aliphatic carbocycles. The molecule has 2 bridgehead atoms. The minimum Gasteiger partial charge on any atom is -0.346 e. The van der Waals surface area contributed by atoms with Gasteiger partial charge in [0.25, 0.3) is 15.7 Å². The van der Waals surface area contributed by atoms with Crippen molar-refractivity contribution in [2.24, 2.45) is 0 Å². The predicted octanol–water partition coefficient (Wildman–Crippen LogP) is -2.07. The van der Waals surface area contributed by atoms with E-state index in [-0.39, 0.29) is 12.6 Å². The maximum absolute atomic E-state index is 11.9. The number of nitrogens with one attached hydrogen (secondary N) is 2. The van der Waals surface area contributed by atoms with Crippen LogP contribution in [0.2, 0.25) is 0 Å². The molecule has 116 valence electrons. The molecule has 2 aliphatic rings. The van der Waals surface area contributed by atoms with Gasteiger partial charge in [-0.15, -0.1) is 0 Å². The highest BCUT2D eigenvalue weighted by Crippen LogP contribution is 2.38. The van der Waals surface area contributed by atoms with Gasteiger partial charge in [-0.25, -0.2) is 4.79 Å². The molecule has 0 saturated carbocycles. The van der Waals surface area contributed by atoms with Crippen molar-refractivity contribution in [3.05, 3.63) is 33.1 Å². The Hall–Kier alpha value is -1.49. The fourth-order valence-electron chi connectivity index (χ4n) is 2.81. The molecular weight excluding hydrogens is 302 g/mol.